The highest BCUT2D eigenvalue weighted by atomic mass is 15.3. The highest BCUT2D eigenvalue weighted by Crippen LogP contribution is 2.20. The van der Waals surface area contributed by atoms with Gasteiger partial charge in [-0.2, -0.15) is 5.10 Å². The summed E-state index contributed by atoms with van der Waals surface area (Å²) in [6.45, 7) is 1.41. The van der Waals surface area contributed by atoms with Crippen molar-refractivity contribution in [1.82, 2.24) is 9.78 Å². The Morgan fingerprint density at radius 3 is 2.24 bits per heavy atom. The SMILES string of the molecule is NCC(Cn1cc(-c2ccccc2)cn1)c1ccccc1. The second kappa shape index (κ2) is 6.37. The summed E-state index contributed by atoms with van der Waals surface area (Å²) in [6, 6.07) is 20.7. The lowest BCUT2D eigenvalue weighted by Gasteiger charge is -2.15. The molecule has 0 saturated heterocycles. The molecule has 3 rings (SSSR count). The van der Waals surface area contributed by atoms with Gasteiger partial charge in [0.15, 0.2) is 0 Å². The van der Waals surface area contributed by atoms with E-state index in [0.29, 0.717) is 6.54 Å². The van der Waals surface area contributed by atoms with Crippen LogP contribution in [-0.2, 0) is 6.54 Å². The molecule has 0 radical (unpaired) electrons. The van der Waals surface area contributed by atoms with Crippen LogP contribution < -0.4 is 5.73 Å². The maximum atomic E-state index is 5.93. The summed E-state index contributed by atoms with van der Waals surface area (Å²) in [4.78, 5) is 0. The number of hydrogen-bond donors (Lipinski definition) is 1. The summed E-state index contributed by atoms with van der Waals surface area (Å²) in [5.41, 5.74) is 9.52. The Kier molecular flexibility index (Phi) is 4.12. The Hall–Kier alpha value is -2.39. The average molecular weight is 277 g/mol. The molecule has 2 N–H and O–H groups in total. The second-order valence-electron chi connectivity index (χ2n) is 5.16. The van der Waals surface area contributed by atoms with E-state index in [1.165, 1.54) is 11.1 Å². The Morgan fingerprint density at radius 2 is 1.57 bits per heavy atom. The van der Waals surface area contributed by atoms with Gasteiger partial charge >= 0.3 is 0 Å². The van der Waals surface area contributed by atoms with E-state index in [9.17, 15) is 0 Å². The lowest BCUT2D eigenvalue weighted by molar-refractivity contribution is 0.521. The molecule has 0 saturated carbocycles. The molecule has 1 heterocycles. The Balaban J connectivity index is 1.78. The standard InChI is InChI=1S/C18H19N3/c19-11-17(15-7-3-1-4-8-15)13-21-14-18(12-20-21)16-9-5-2-6-10-16/h1-10,12,14,17H,11,13,19H2. The third kappa shape index (κ3) is 3.20. The van der Waals surface area contributed by atoms with E-state index < -0.39 is 0 Å². The number of nitrogens with two attached hydrogens (primary N) is 1. The highest BCUT2D eigenvalue weighted by molar-refractivity contribution is 5.61. The van der Waals surface area contributed by atoms with E-state index in [1.807, 2.05) is 35.1 Å². The quantitative estimate of drug-likeness (QED) is 0.777. The van der Waals surface area contributed by atoms with Crippen LogP contribution in [0.15, 0.2) is 73.1 Å². The minimum Gasteiger partial charge on any atom is -0.330 e. The zero-order valence-corrected chi connectivity index (χ0v) is 11.9. The van der Waals surface area contributed by atoms with Crippen molar-refractivity contribution in [3.8, 4) is 11.1 Å². The number of hydrogen-bond acceptors (Lipinski definition) is 2. The Bertz CT molecular complexity index is 674. The summed E-state index contributed by atoms with van der Waals surface area (Å²) in [5, 5.41) is 4.47. The largest absolute Gasteiger partial charge is 0.330 e. The van der Waals surface area contributed by atoms with Gasteiger partial charge < -0.3 is 5.73 Å². The predicted molar refractivity (Wildman–Crippen MR) is 85.9 cm³/mol. The van der Waals surface area contributed by atoms with E-state index in [-0.39, 0.29) is 5.92 Å². The maximum Gasteiger partial charge on any atom is 0.0568 e. The van der Waals surface area contributed by atoms with Crippen molar-refractivity contribution < 1.29 is 0 Å². The molecule has 106 valence electrons. The fraction of sp³-hybridized carbons (Fsp3) is 0.167. The summed E-state index contributed by atoms with van der Waals surface area (Å²) in [6.07, 6.45) is 3.99. The van der Waals surface area contributed by atoms with Crippen LogP contribution in [0.5, 0.6) is 0 Å². The third-order valence-electron chi connectivity index (χ3n) is 3.70. The van der Waals surface area contributed by atoms with E-state index in [4.69, 9.17) is 5.73 Å². The highest BCUT2D eigenvalue weighted by Gasteiger charge is 2.11. The number of aromatic nitrogens is 2. The van der Waals surface area contributed by atoms with Crippen molar-refractivity contribution in [3.63, 3.8) is 0 Å². The van der Waals surface area contributed by atoms with E-state index in [2.05, 4.69) is 47.7 Å². The van der Waals surface area contributed by atoms with Crippen molar-refractivity contribution >= 4 is 0 Å². The molecule has 0 aliphatic rings. The lowest BCUT2D eigenvalue weighted by Crippen LogP contribution is -2.18. The van der Waals surface area contributed by atoms with Crippen LogP contribution in [0.3, 0.4) is 0 Å². The van der Waals surface area contributed by atoms with Crippen LogP contribution in [-0.4, -0.2) is 16.3 Å². The molecule has 1 atom stereocenters. The van der Waals surface area contributed by atoms with Gasteiger partial charge in [0.05, 0.1) is 6.20 Å². The van der Waals surface area contributed by atoms with Crippen LogP contribution in [0, 0.1) is 0 Å². The van der Waals surface area contributed by atoms with Crippen LogP contribution in [0.25, 0.3) is 11.1 Å². The van der Waals surface area contributed by atoms with E-state index in [0.717, 1.165) is 12.1 Å². The third-order valence-corrected chi connectivity index (χ3v) is 3.70. The molecule has 0 bridgehead atoms. The molecule has 0 amide bonds. The molecule has 0 aliphatic carbocycles. The van der Waals surface area contributed by atoms with Crippen molar-refractivity contribution in [2.45, 2.75) is 12.5 Å². The molecule has 3 heteroatoms. The minimum absolute atomic E-state index is 0.287. The topological polar surface area (TPSA) is 43.8 Å². The average Bonchev–Trinajstić information content (AvgIpc) is 3.03. The number of rotatable bonds is 5. The van der Waals surface area contributed by atoms with Gasteiger partial charge in [-0.3, -0.25) is 4.68 Å². The molecule has 0 spiro atoms. The van der Waals surface area contributed by atoms with E-state index in [1.54, 1.807) is 0 Å². The summed E-state index contributed by atoms with van der Waals surface area (Å²) >= 11 is 0. The fourth-order valence-electron chi connectivity index (χ4n) is 2.51. The van der Waals surface area contributed by atoms with Gasteiger partial charge in [-0.15, -0.1) is 0 Å². The first-order chi connectivity index (χ1) is 10.4. The van der Waals surface area contributed by atoms with Crippen molar-refractivity contribution in [2.24, 2.45) is 5.73 Å². The zero-order chi connectivity index (χ0) is 14.5. The molecule has 2 aromatic carbocycles. The van der Waals surface area contributed by atoms with Gasteiger partial charge in [0.1, 0.15) is 0 Å². The Labute approximate surface area is 125 Å². The first-order valence-electron chi connectivity index (χ1n) is 7.19. The molecule has 1 aromatic heterocycles. The van der Waals surface area contributed by atoms with Crippen molar-refractivity contribution in [1.29, 1.82) is 0 Å². The predicted octanol–water partition coefficient (Wildman–Crippen LogP) is 3.29. The van der Waals surface area contributed by atoms with Gasteiger partial charge in [0, 0.05) is 30.8 Å². The van der Waals surface area contributed by atoms with Gasteiger partial charge in [-0.1, -0.05) is 60.7 Å². The van der Waals surface area contributed by atoms with Crippen LogP contribution in [0.1, 0.15) is 11.5 Å². The number of nitrogens with zero attached hydrogens (tertiary/aromatic N) is 2. The van der Waals surface area contributed by atoms with Crippen LogP contribution in [0.2, 0.25) is 0 Å². The smallest absolute Gasteiger partial charge is 0.0568 e. The molecule has 3 aromatic rings. The summed E-state index contributed by atoms with van der Waals surface area (Å²) in [7, 11) is 0. The van der Waals surface area contributed by atoms with Gasteiger partial charge in [0.25, 0.3) is 0 Å². The minimum atomic E-state index is 0.287. The van der Waals surface area contributed by atoms with Crippen molar-refractivity contribution in [2.75, 3.05) is 6.54 Å². The monoisotopic (exact) mass is 277 g/mol. The first kappa shape index (κ1) is 13.6. The molecule has 21 heavy (non-hydrogen) atoms. The number of benzene rings is 2. The van der Waals surface area contributed by atoms with Gasteiger partial charge in [-0.05, 0) is 11.1 Å². The fourth-order valence-corrected chi connectivity index (χ4v) is 2.51. The van der Waals surface area contributed by atoms with E-state index >= 15 is 0 Å². The molecular weight excluding hydrogens is 258 g/mol. The first-order valence-corrected chi connectivity index (χ1v) is 7.19. The van der Waals surface area contributed by atoms with Crippen molar-refractivity contribution in [3.05, 3.63) is 78.6 Å². The van der Waals surface area contributed by atoms with Crippen LogP contribution in [0.4, 0.5) is 0 Å². The molecule has 0 fully saturated rings. The van der Waals surface area contributed by atoms with Crippen LogP contribution >= 0.6 is 0 Å². The summed E-state index contributed by atoms with van der Waals surface area (Å²) < 4.78 is 1.98. The maximum absolute atomic E-state index is 5.93. The second-order valence-corrected chi connectivity index (χ2v) is 5.16. The van der Waals surface area contributed by atoms with Gasteiger partial charge in [-0.25, -0.2) is 0 Å². The van der Waals surface area contributed by atoms with Gasteiger partial charge in [0.2, 0.25) is 0 Å². The molecule has 3 nitrogen and oxygen atoms in total. The zero-order valence-electron chi connectivity index (χ0n) is 11.9. The molecule has 1 unspecified atom stereocenters. The molecule has 0 aliphatic heterocycles. The summed E-state index contributed by atoms with van der Waals surface area (Å²) in [5.74, 6) is 0.287. The lowest BCUT2D eigenvalue weighted by atomic mass is 9.99. The Morgan fingerprint density at radius 1 is 0.905 bits per heavy atom. The normalized spacial score (nSPS) is 12.2. The molecular formula is C18H19N3.